The van der Waals surface area contributed by atoms with Crippen molar-refractivity contribution in [2.24, 2.45) is 0 Å². The Balaban J connectivity index is 1.96. The quantitative estimate of drug-likeness (QED) is 0.895. The second kappa shape index (κ2) is 5.46. The fourth-order valence-electron chi connectivity index (χ4n) is 2.37. The molecule has 2 aromatic rings. The number of hydrogen-bond acceptors (Lipinski definition) is 5. The van der Waals surface area contributed by atoms with E-state index in [9.17, 15) is 0 Å². The summed E-state index contributed by atoms with van der Waals surface area (Å²) in [6, 6.07) is 8.09. The van der Waals surface area contributed by atoms with Gasteiger partial charge in [-0.15, -0.1) is 0 Å². The van der Waals surface area contributed by atoms with Crippen LogP contribution in [0.25, 0.3) is 0 Å². The molecule has 0 radical (unpaired) electrons. The predicted molar refractivity (Wildman–Crippen MR) is 78.5 cm³/mol. The minimum Gasteiger partial charge on any atom is -0.481 e. The molecule has 5 heteroatoms. The number of ether oxygens (including phenoxy) is 1. The van der Waals surface area contributed by atoms with Gasteiger partial charge in [-0.2, -0.15) is 4.98 Å². The summed E-state index contributed by atoms with van der Waals surface area (Å²) in [5.41, 5.74) is 4.30. The Kier molecular flexibility index (Phi) is 3.52. The van der Waals surface area contributed by atoms with Gasteiger partial charge in [-0.3, -0.25) is 0 Å². The van der Waals surface area contributed by atoms with Crippen molar-refractivity contribution in [3.05, 3.63) is 41.1 Å². The molecule has 3 rings (SSSR count). The maximum absolute atomic E-state index is 5.39. The zero-order valence-electron chi connectivity index (χ0n) is 11.7. The van der Waals surface area contributed by atoms with Gasteiger partial charge in [-0.05, 0) is 18.6 Å². The van der Waals surface area contributed by atoms with Gasteiger partial charge in [0.05, 0.1) is 12.8 Å². The van der Waals surface area contributed by atoms with Gasteiger partial charge < -0.3 is 15.4 Å². The lowest BCUT2D eigenvalue weighted by Crippen LogP contribution is -2.26. The average molecular weight is 270 g/mol. The van der Waals surface area contributed by atoms with E-state index in [1.807, 2.05) is 18.2 Å². The van der Waals surface area contributed by atoms with Crippen molar-refractivity contribution in [3.63, 3.8) is 0 Å². The Morgan fingerprint density at radius 2 is 2.10 bits per heavy atom. The van der Waals surface area contributed by atoms with E-state index in [1.165, 1.54) is 0 Å². The summed E-state index contributed by atoms with van der Waals surface area (Å²) in [7, 11) is 1.65. The van der Waals surface area contributed by atoms with Gasteiger partial charge in [0.15, 0.2) is 0 Å². The number of nitrogens with one attached hydrogen (secondary N) is 2. The van der Waals surface area contributed by atoms with Crippen LogP contribution in [0.1, 0.15) is 16.8 Å². The highest BCUT2D eigenvalue weighted by molar-refractivity contribution is 5.58. The van der Waals surface area contributed by atoms with E-state index < -0.39 is 0 Å². The zero-order valence-corrected chi connectivity index (χ0v) is 11.7. The smallest absolute Gasteiger partial charge is 0.230 e. The van der Waals surface area contributed by atoms with Gasteiger partial charge in [0.1, 0.15) is 0 Å². The zero-order chi connectivity index (χ0) is 13.9. The van der Waals surface area contributed by atoms with E-state index in [4.69, 9.17) is 4.74 Å². The van der Waals surface area contributed by atoms with Gasteiger partial charge in [-0.25, -0.2) is 4.98 Å². The molecule has 1 aromatic carbocycles. The van der Waals surface area contributed by atoms with E-state index in [-0.39, 0.29) is 0 Å². The first kappa shape index (κ1) is 12.9. The molecule has 1 aliphatic heterocycles. The molecule has 0 amide bonds. The van der Waals surface area contributed by atoms with E-state index in [0.29, 0.717) is 11.8 Å². The van der Waals surface area contributed by atoms with Crippen LogP contribution in [0.5, 0.6) is 5.88 Å². The van der Waals surface area contributed by atoms with Crippen LogP contribution in [0.2, 0.25) is 0 Å². The van der Waals surface area contributed by atoms with Gasteiger partial charge >= 0.3 is 0 Å². The standard InChI is InChI=1S/C15H18N4O/c1-10-5-3-4-6-12(10)17-15-18-13-7-8-16-9-11(13)14(19-15)20-2/h3-6,16H,7-9H2,1-2H3,(H,17,18,19). The van der Waals surface area contributed by atoms with Crippen molar-refractivity contribution in [1.29, 1.82) is 0 Å². The van der Waals surface area contributed by atoms with E-state index in [0.717, 1.165) is 42.0 Å². The molecule has 0 aliphatic carbocycles. The molecule has 5 nitrogen and oxygen atoms in total. The molecule has 20 heavy (non-hydrogen) atoms. The number of nitrogens with zero attached hydrogens (tertiary/aromatic N) is 2. The molecule has 0 saturated carbocycles. The largest absolute Gasteiger partial charge is 0.481 e. The molecule has 0 bridgehead atoms. The van der Waals surface area contributed by atoms with Gasteiger partial charge in [0.25, 0.3) is 0 Å². The summed E-state index contributed by atoms with van der Waals surface area (Å²) in [5.74, 6) is 1.25. The Bertz CT molecular complexity index is 610. The summed E-state index contributed by atoms with van der Waals surface area (Å²) in [6.07, 6.45) is 0.899. The molecule has 0 atom stereocenters. The maximum atomic E-state index is 5.39. The van der Waals surface area contributed by atoms with Crippen molar-refractivity contribution in [2.45, 2.75) is 19.9 Å². The highest BCUT2D eigenvalue weighted by Crippen LogP contribution is 2.25. The summed E-state index contributed by atoms with van der Waals surface area (Å²) in [6.45, 7) is 3.77. The first-order valence-electron chi connectivity index (χ1n) is 6.75. The van der Waals surface area contributed by atoms with Crippen LogP contribution in [0.4, 0.5) is 11.6 Å². The van der Waals surface area contributed by atoms with Gasteiger partial charge in [-0.1, -0.05) is 18.2 Å². The van der Waals surface area contributed by atoms with Crippen LogP contribution in [0, 0.1) is 6.92 Å². The van der Waals surface area contributed by atoms with Crippen LogP contribution in [-0.4, -0.2) is 23.6 Å². The number of fused-ring (bicyclic) bond motifs is 1. The fourth-order valence-corrected chi connectivity index (χ4v) is 2.37. The third-order valence-corrected chi connectivity index (χ3v) is 3.48. The van der Waals surface area contributed by atoms with Crippen LogP contribution in [0.15, 0.2) is 24.3 Å². The number of methoxy groups -OCH3 is 1. The molecular formula is C15H18N4O. The summed E-state index contributed by atoms with van der Waals surface area (Å²) in [5, 5.41) is 6.59. The maximum Gasteiger partial charge on any atom is 0.230 e. The minimum absolute atomic E-state index is 0.594. The summed E-state index contributed by atoms with van der Waals surface area (Å²) >= 11 is 0. The van der Waals surface area contributed by atoms with Gasteiger partial charge in [0, 0.05) is 30.8 Å². The van der Waals surface area contributed by atoms with Gasteiger partial charge in [0.2, 0.25) is 11.8 Å². The number of aryl methyl sites for hydroxylation is 1. The molecule has 2 N–H and O–H groups in total. The molecule has 2 heterocycles. The first-order chi connectivity index (χ1) is 9.78. The molecule has 0 unspecified atom stereocenters. The highest BCUT2D eigenvalue weighted by Gasteiger charge is 2.18. The third-order valence-electron chi connectivity index (χ3n) is 3.48. The Hall–Kier alpha value is -2.14. The number of anilines is 2. The number of hydrogen-bond donors (Lipinski definition) is 2. The van der Waals surface area contributed by atoms with E-state index in [1.54, 1.807) is 7.11 Å². The molecule has 0 saturated heterocycles. The Labute approximate surface area is 118 Å². The second-order valence-electron chi connectivity index (χ2n) is 4.85. The molecule has 0 spiro atoms. The molecule has 1 aliphatic rings. The van der Waals surface area contributed by atoms with Crippen molar-refractivity contribution in [2.75, 3.05) is 19.0 Å². The topological polar surface area (TPSA) is 59.1 Å². The van der Waals surface area contributed by atoms with Crippen LogP contribution in [0.3, 0.4) is 0 Å². The van der Waals surface area contributed by atoms with E-state index in [2.05, 4.69) is 33.6 Å². The Morgan fingerprint density at radius 1 is 1.25 bits per heavy atom. The average Bonchev–Trinajstić information content (AvgIpc) is 2.49. The molecule has 0 fully saturated rings. The van der Waals surface area contributed by atoms with Crippen molar-refractivity contribution >= 4 is 11.6 Å². The SMILES string of the molecule is COc1nc(Nc2ccccc2C)nc2c1CNCC2. The normalized spacial score (nSPS) is 13.7. The number of aromatic nitrogens is 2. The molecule has 1 aromatic heterocycles. The second-order valence-corrected chi connectivity index (χ2v) is 4.85. The Morgan fingerprint density at radius 3 is 2.90 bits per heavy atom. The lowest BCUT2D eigenvalue weighted by molar-refractivity contribution is 0.386. The fraction of sp³-hybridized carbons (Fsp3) is 0.333. The monoisotopic (exact) mass is 270 g/mol. The predicted octanol–water partition coefficient (Wildman–Crippen LogP) is 2.18. The summed E-state index contributed by atoms with van der Waals surface area (Å²) in [4.78, 5) is 9.07. The summed E-state index contributed by atoms with van der Waals surface area (Å²) < 4.78 is 5.39. The molecule has 104 valence electrons. The number of rotatable bonds is 3. The minimum atomic E-state index is 0.594. The van der Waals surface area contributed by atoms with Crippen LogP contribution >= 0.6 is 0 Å². The van der Waals surface area contributed by atoms with Crippen molar-refractivity contribution < 1.29 is 4.74 Å². The van der Waals surface area contributed by atoms with Crippen molar-refractivity contribution in [1.82, 2.24) is 15.3 Å². The number of para-hydroxylation sites is 1. The van der Waals surface area contributed by atoms with Crippen LogP contribution < -0.4 is 15.4 Å². The lowest BCUT2D eigenvalue weighted by Gasteiger charge is -2.19. The number of benzene rings is 1. The lowest BCUT2D eigenvalue weighted by atomic mass is 10.1. The first-order valence-corrected chi connectivity index (χ1v) is 6.75. The van der Waals surface area contributed by atoms with Crippen LogP contribution in [-0.2, 0) is 13.0 Å². The van der Waals surface area contributed by atoms with E-state index >= 15 is 0 Å². The van der Waals surface area contributed by atoms with Crippen molar-refractivity contribution in [3.8, 4) is 5.88 Å². The third kappa shape index (κ3) is 2.44. The molecular weight excluding hydrogens is 252 g/mol. The highest BCUT2D eigenvalue weighted by atomic mass is 16.5.